The van der Waals surface area contributed by atoms with E-state index in [1.807, 2.05) is 19.1 Å². The molecule has 0 saturated heterocycles. The average Bonchev–Trinajstić information content (AvgIpc) is 2.85. The van der Waals surface area contributed by atoms with Gasteiger partial charge >= 0.3 is 145 Å². The van der Waals surface area contributed by atoms with Gasteiger partial charge in [0, 0.05) is 0 Å². The van der Waals surface area contributed by atoms with Gasteiger partial charge in [0.05, 0.1) is 4.90 Å². The number of esters is 1. The van der Waals surface area contributed by atoms with E-state index in [2.05, 4.69) is 78.5 Å². The summed E-state index contributed by atoms with van der Waals surface area (Å²) in [5.74, 6) is 0.297. The van der Waals surface area contributed by atoms with Gasteiger partial charge in [-0.15, -0.1) is 0 Å². The average molecular weight is 551 g/mol. The molecule has 180 valence electrons. The van der Waals surface area contributed by atoms with Gasteiger partial charge in [-0.1, -0.05) is 17.7 Å². The molecule has 0 spiro atoms. The molecule has 0 amide bonds. The first-order valence-electron chi connectivity index (χ1n) is 10.9. The predicted molar refractivity (Wildman–Crippen MR) is 140 cm³/mol. The van der Waals surface area contributed by atoms with E-state index in [1.165, 1.54) is 32.1 Å². The first-order chi connectivity index (χ1) is 16.6. The molecule has 0 saturated carbocycles. The number of carbonyl (C=O) groups excluding carboxylic acids is 1. The second-order valence-corrected chi connectivity index (χ2v) is 16.9. The van der Waals surface area contributed by atoms with Crippen LogP contribution < -0.4 is 17.8 Å². The maximum Gasteiger partial charge on any atom is 0.124 e. The van der Waals surface area contributed by atoms with E-state index < -0.39 is 23.7 Å². The molecule has 7 heteroatoms. The third-order valence-electron chi connectivity index (χ3n) is 5.47. The van der Waals surface area contributed by atoms with Gasteiger partial charge in [-0.05, 0) is 19.1 Å². The van der Waals surface area contributed by atoms with Crippen molar-refractivity contribution in [2.45, 2.75) is 24.5 Å². The van der Waals surface area contributed by atoms with Crippen molar-refractivity contribution >= 4 is 42.7 Å². The van der Waals surface area contributed by atoms with Gasteiger partial charge in [0.15, 0.2) is 0 Å². The van der Waals surface area contributed by atoms with Crippen LogP contribution in [0.5, 0.6) is 5.75 Å². The molecule has 0 heterocycles. The van der Waals surface area contributed by atoms with Crippen LogP contribution in [0.4, 0.5) is 0 Å². The molecular formula is C28H27AsO5S. The Bertz CT molecular complexity index is 1310. The van der Waals surface area contributed by atoms with Crippen LogP contribution in [0.1, 0.15) is 12.5 Å². The molecule has 5 nitrogen and oxygen atoms in total. The normalized spacial score (nSPS) is 11.2. The number of carbonyl (C=O) groups is 1. The van der Waals surface area contributed by atoms with Gasteiger partial charge in [0.2, 0.25) is 0 Å². The number of rotatable bonds is 5. The van der Waals surface area contributed by atoms with Crippen molar-refractivity contribution in [3.05, 3.63) is 115 Å². The van der Waals surface area contributed by atoms with Crippen molar-refractivity contribution < 1.29 is 22.5 Å². The quantitative estimate of drug-likeness (QED) is 0.164. The van der Waals surface area contributed by atoms with Crippen LogP contribution in [-0.4, -0.2) is 32.5 Å². The van der Waals surface area contributed by atoms with Crippen LogP contribution in [-0.2, 0) is 14.9 Å². The number of ether oxygens (including phenoxy) is 1. The van der Waals surface area contributed by atoms with Crippen molar-refractivity contribution in [2.24, 2.45) is 0 Å². The van der Waals surface area contributed by atoms with E-state index in [9.17, 15) is 17.8 Å². The molecule has 0 atom stereocenters. The summed E-state index contributed by atoms with van der Waals surface area (Å²) < 4.78 is 40.4. The first kappa shape index (κ1) is 26.4. The van der Waals surface area contributed by atoms with Crippen molar-refractivity contribution in [1.29, 1.82) is 0 Å². The Balaban J connectivity index is 0.000000261. The molecule has 4 rings (SSSR count). The fourth-order valence-corrected chi connectivity index (χ4v) is 10.7. The number of benzene rings is 4. The standard InChI is InChI=1S/C21H20AsO2.C7H8O3S/c1-17(23)24-21-15-13-20(14-16-21)22(2,18-9-5-3-6-10-18)19-11-7-4-8-12-19;1-6-2-4-7(5-3-6)11(8,9)10/h3-16H,1-2H3;2-5H,1H3,(H,8,9,10)/q+1;/p-1. The van der Waals surface area contributed by atoms with Gasteiger partial charge < -0.3 is 4.55 Å². The van der Waals surface area contributed by atoms with E-state index in [-0.39, 0.29) is 10.9 Å². The van der Waals surface area contributed by atoms with Gasteiger partial charge in [-0.2, -0.15) is 0 Å². The predicted octanol–water partition coefficient (Wildman–Crippen LogP) is 3.61. The second kappa shape index (κ2) is 11.5. The zero-order chi connectivity index (χ0) is 25.5. The molecule has 0 unspecified atom stereocenters. The Morgan fingerprint density at radius 1 is 0.714 bits per heavy atom. The van der Waals surface area contributed by atoms with Gasteiger partial charge in [0.25, 0.3) is 0 Å². The van der Waals surface area contributed by atoms with Crippen molar-refractivity contribution in [1.82, 2.24) is 0 Å². The maximum absolute atomic E-state index is 11.1. The number of hydrogen-bond acceptors (Lipinski definition) is 5. The van der Waals surface area contributed by atoms with E-state index in [1.54, 1.807) is 12.1 Å². The van der Waals surface area contributed by atoms with Crippen LogP contribution >= 0.6 is 0 Å². The zero-order valence-electron chi connectivity index (χ0n) is 19.8. The summed E-state index contributed by atoms with van der Waals surface area (Å²) in [4.78, 5) is 10.9. The molecule has 0 aliphatic rings. The Morgan fingerprint density at radius 2 is 1.14 bits per heavy atom. The molecule has 4 aromatic rings. The third-order valence-corrected chi connectivity index (χ3v) is 14.7. The first-order valence-corrected chi connectivity index (χ1v) is 17.0. The molecule has 0 radical (unpaired) electrons. The van der Waals surface area contributed by atoms with Gasteiger partial charge in [0.1, 0.15) is 10.1 Å². The topological polar surface area (TPSA) is 83.5 Å². The summed E-state index contributed by atoms with van der Waals surface area (Å²) in [6.07, 6.45) is 0. The minimum absolute atomic E-state index is 0.178. The molecule has 0 aromatic heterocycles. The molecule has 0 bridgehead atoms. The maximum atomic E-state index is 11.1. The molecular weight excluding hydrogens is 523 g/mol. The van der Waals surface area contributed by atoms with Crippen LogP contribution in [0, 0.1) is 6.92 Å². The fourth-order valence-electron chi connectivity index (χ4n) is 3.58. The Hall–Kier alpha value is -3.18. The van der Waals surface area contributed by atoms with Gasteiger partial charge in [-0.3, -0.25) is 0 Å². The van der Waals surface area contributed by atoms with E-state index >= 15 is 0 Å². The monoisotopic (exact) mass is 550 g/mol. The van der Waals surface area contributed by atoms with Crippen LogP contribution in [0.2, 0.25) is 5.71 Å². The summed E-state index contributed by atoms with van der Waals surface area (Å²) in [6.45, 7) is 3.24. The van der Waals surface area contributed by atoms with E-state index in [0.29, 0.717) is 5.75 Å². The fraction of sp³-hybridized carbons (Fsp3) is 0.107. The number of aryl methyl sites for hydroxylation is 1. The molecule has 35 heavy (non-hydrogen) atoms. The summed E-state index contributed by atoms with van der Waals surface area (Å²) in [5.41, 5.74) is 3.32. The zero-order valence-corrected chi connectivity index (χ0v) is 22.5. The molecule has 0 aliphatic heterocycles. The minimum atomic E-state index is -4.27. The van der Waals surface area contributed by atoms with Crippen LogP contribution in [0.25, 0.3) is 0 Å². The summed E-state index contributed by atoms with van der Waals surface area (Å²) in [6, 6.07) is 35.2. The molecule has 0 fully saturated rings. The van der Waals surface area contributed by atoms with Crippen molar-refractivity contribution in [3.8, 4) is 5.75 Å². The molecule has 0 aliphatic carbocycles. The van der Waals surface area contributed by atoms with Gasteiger partial charge in [-0.25, -0.2) is 8.42 Å². The summed E-state index contributed by atoms with van der Waals surface area (Å²) >= 11 is -2.51. The number of hydrogen-bond donors (Lipinski definition) is 0. The Kier molecular flexibility index (Phi) is 8.68. The SMILES string of the molecule is CC(=O)Oc1ccc([As+](C)(c2ccccc2)c2ccccc2)cc1.Cc1ccc(S(=O)(=O)[O-])cc1. The molecule has 4 aromatic carbocycles. The smallest absolute Gasteiger partial charge is 0.124 e. The largest absolute Gasteiger partial charge is 0.744 e. The van der Waals surface area contributed by atoms with E-state index in [4.69, 9.17) is 4.74 Å². The Labute approximate surface area is 209 Å². The van der Waals surface area contributed by atoms with Crippen LogP contribution in [0.15, 0.2) is 114 Å². The second-order valence-electron chi connectivity index (χ2n) is 8.03. The summed E-state index contributed by atoms with van der Waals surface area (Å²) in [7, 11) is -4.27. The minimum Gasteiger partial charge on any atom is -0.744 e. The third kappa shape index (κ3) is 6.92. The van der Waals surface area contributed by atoms with E-state index in [0.717, 1.165) is 5.56 Å². The van der Waals surface area contributed by atoms with Crippen LogP contribution in [0.3, 0.4) is 0 Å². The molecule has 0 N–H and O–H groups in total. The Morgan fingerprint density at radius 3 is 1.54 bits per heavy atom. The van der Waals surface area contributed by atoms with Crippen molar-refractivity contribution in [3.63, 3.8) is 0 Å². The summed E-state index contributed by atoms with van der Waals surface area (Å²) in [5, 5.41) is 0. The van der Waals surface area contributed by atoms with Crippen molar-refractivity contribution in [2.75, 3.05) is 0 Å².